The maximum atomic E-state index is 10.8. The lowest BCUT2D eigenvalue weighted by Gasteiger charge is -2.20. The van der Waals surface area contributed by atoms with Crippen LogP contribution in [0.2, 0.25) is 0 Å². The Bertz CT molecular complexity index is 1090. The number of imidazole rings is 1. The van der Waals surface area contributed by atoms with Gasteiger partial charge in [-0.2, -0.15) is 0 Å². The Morgan fingerprint density at radius 2 is 2.03 bits per heavy atom. The van der Waals surface area contributed by atoms with E-state index in [2.05, 4.69) is 30.1 Å². The normalized spacial score (nSPS) is 24.3. The second-order valence-electron chi connectivity index (χ2n) is 7.87. The molecule has 3 rings (SSSR count). The van der Waals surface area contributed by atoms with E-state index < -0.39 is 39.0 Å². The van der Waals surface area contributed by atoms with Crippen molar-refractivity contribution in [3.8, 4) is 0 Å². The van der Waals surface area contributed by atoms with Gasteiger partial charge in [-0.15, -0.1) is 0 Å². The van der Waals surface area contributed by atoms with E-state index in [1.807, 2.05) is 6.92 Å². The Morgan fingerprint density at radius 1 is 1.32 bits per heavy atom. The van der Waals surface area contributed by atoms with Gasteiger partial charge in [0.05, 0.1) is 17.9 Å². The maximum Gasteiger partial charge on any atom is 0.265 e. The molecule has 0 amide bonds. The van der Waals surface area contributed by atoms with Crippen molar-refractivity contribution in [1.82, 2.24) is 24.8 Å². The van der Waals surface area contributed by atoms with Gasteiger partial charge >= 0.3 is 0 Å². The number of nitrogens with one attached hydrogen (secondary N) is 3. The molecule has 1 aliphatic rings. The summed E-state index contributed by atoms with van der Waals surface area (Å²) in [6, 6.07) is 0. The van der Waals surface area contributed by atoms with Gasteiger partial charge in [0.2, 0.25) is 5.95 Å². The van der Waals surface area contributed by atoms with Crippen LogP contribution in [0.1, 0.15) is 38.8 Å². The summed E-state index contributed by atoms with van der Waals surface area (Å²) < 4.78 is 22.4. The van der Waals surface area contributed by atoms with Gasteiger partial charge < -0.3 is 44.9 Å². The molecule has 0 saturated carbocycles. The van der Waals surface area contributed by atoms with E-state index >= 15 is 0 Å². The number of fused-ring (bicyclic) bond motifs is 1. The molecular weight excluding hydrogens is 507 g/mol. The Morgan fingerprint density at radius 3 is 2.71 bits per heavy atom. The summed E-state index contributed by atoms with van der Waals surface area (Å²) in [5, 5.41) is 27.0. The quantitative estimate of drug-likeness (QED) is 0.125. The average Bonchev–Trinajstić information content (AvgIpc) is 3.29. The number of H-pyrrole nitrogens is 1. The first-order valence-corrected chi connectivity index (χ1v) is 13.0. The molecule has 1 fully saturated rings. The predicted molar refractivity (Wildman–Crippen MR) is 128 cm³/mol. The van der Waals surface area contributed by atoms with Gasteiger partial charge in [-0.25, -0.2) is 9.97 Å². The Labute approximate surface area is 206 Å². The molecule has 16 heteroatoms. The van der Waals surface area contributed by atoms with E-state index in [1.165, 1.54) is 10.9 Å². The van der Waals surface area contributed by atoms with E-state index in [0.717, 1.165) is 37.2 Å². The standard InChI is InChI=1S/C18H29N6O7PS2/c1-10(33)19-6-4-2-3-5-7-20-18-22-15-12(16(34)23-18)21-9-24(15)17-14(26)13(25)11(31-17)8-30-32(27,28)29/h9,11,13-14,17,25-26H,2-8H2,1H3,(H,19,33)(H2,27,28,29)(H2,20,22,23,34)/p-1/t11-,13?,14+,17-/m1/s1. The van der Waals surface area contributed by atoms with Crippen LogP contribution in [0.4, 0.5) is 5.95 Å². The molecule has 1 saturated heterocycles. The van der Waals surface area contributed by atoms with E-state index in [4.69, 9.17) is 34.1 Å². The Kier molecular flexibility index (Phi) is 9.49. The summed E-state index contributed by atoms with van der Waals surface area (Å²) in [6.07, 6.45) is 0.232. The van der Waals surface area contributed by atoms with Crippen molar-refractivity contribution < 1.29 is 33.8 Å². The molecular formula is C18H28N6O7PS2-. The zero-order valence-electron chi connectivity index (χ0n) is 18.4. The summed E-state index contributed by atoms with van der Waals surface area (Å²) in [5.41, 5.74) is 0.768. The largest absolute Gasteiger partial charge is 0.756 e. The molecule has 13 nitrogen and oxygen atoms in total. The topological polar surface area (TPSA) is 190 Å². The molecule has 2 aromatic heterocycles. The van der Waals surface area contributed by atoms with E-state index in [-0.39, 0.29) is 4.64 Å². The fraction of sp³-hybridized carbons (Fsp3) is 0.667. The van der Waals surface area contributed by atoms with E-state index in [0.29, 0.717) is 23.7 Å². The van der Waals surface area contributed by atoms with Gasteiger partial charge in [0.1, 0.15) is 29.5 Å². The number of phosphoric acid groups is 1. The molecule has 1 aliphatic heterocycles. The van der Waals surface area contributed by atoms with Crippen molar-refractivity contribution in [2.45, 2.75) is 57.1 Å². The first kappa shape index (κ1) is 27.0. The molecule has 0 spiro atoms. The molecule has 34 heavy (non-hydrogen) atoms. The second kappa shape index (κ2) is 11.9. The number of phosphoric ester groups is 1. The van der Waals surface area contributed by atoms with Gasteiger partial charge in [0.15, 0.2) is 10.9 Å². The number of ether oxygens (including phenoxy) is 1. The fourth-order valence-corrected chi connectivity index (χ4v) is 4.23. The number of rotatable bonds is 12. The first-order valence-electron chi connectivity index (χ1n) is 10.7. The van der Waals surface area contributed by atoms with Gasteiger partial charge in [0.25, 0.3) is 7.82 Å². The van der Waals surface area contributed by atoms with Crippen LogP contribution < -0.4 is 15.5 Å². The van der Waals surface area contributed by atoms with E-state index in [9.17, 15) is 19.7 Å². The van der Waals surface area contributed by atoms with Crippen LogP contribution in [0.5, 0.6) is 0 Å². The first-order chi connectivity index (χ1) is 16.1. The number of aliphatic hydroxyl groups excluding tert-OH is 2. The molecule has 0 aliphatic carbocycles. The van der Waals surface area contributed by atoms with Gasteiger partial charge in [0, 0.05) is 13.1 Å². The van der Waals surface area contributed by atoms with Crippen LogP contribution >= 0.6 is 32.3 Å². The minimum absolute atomic E-state index is 0.233. The maximum absolute atomic E-state index is 10.8. The molecule has 190 valence electrons. The van der Waals surface area contributed by atoms with Gasteiger partial charge in [-0.05, 0) is 19.8 Å². The predicted octanol–water partition coefficient (Wildman–Crippen LogP) is 0.495. The number of aromatic amines is 1. The number of anilines is 1. The highest BCUT2D eigenvalue weighted by atomic mass is 32.1. The Balaban J connectivity index is 1.62. The Hall–Kier alpha value is -1.55. The highest BCUT2D eigenvalue weighted by molar-refractivity contribution is 7.80. The summed E-state index contributed by atoms with van der Waals surface area (Å²) in [5.74, 6) is 0.415. The summed E-state index contributed by atoms with van der Waals surface area (Å²) in [6.45, 7) is 2.72. The average molecular weight is 536 g/mol. The number of hydrogen-bond acceptors (Lipinski definition) is 11. The molecule has 2 aromatic rings. The van der Waals surface area contributed by atoms with Crippen molar-refractivity contribution >= 4 is 54.4 Å². The zero-order valence-corrected chi connectivity index (χ0v) is 20.9. The minimum Gasteiger partial charge on any atom is -0.756 e. The van der Waals surface area contributed by atoms with E-state index in [1.54, 1.807) is 0 Å². The van der Waals surface area contributed by atoms with Gasteiger partial charge in [-0.3, -0.25) is 9.13 Å². The van der Waals surface area contributed by atoms with Crippen molar-refractivity contribution in [2.75, 3.05) is 25.0 Å². The SMILES string of the molecule is CC(=S)NCCCCCCNc1nc(=S)c2ncn([C@@H]3O[C@H](COP(=O)([O-])O)C(O)[C@@H]3O)c2[nH]1. The molecule has 5 atom stereocenters. The second-order valence-corrected chi connectivity index (χ2v) is 10.1. The van der Waals surface area contributed by atoms with Crippen LogP contribution in [0, 0.1) is 4.64 Å². The van der Waals surface area contributed by atoms with Crippen LogP contribution in [0.25, 0.3) is 11.2 Å². The number of aromatic nitrogens is 4. The smallest absolute Gasteiger partial charge is 0.265 e. The minimum atomic E-state index is -5.01. The lowest BCUT2D eigenvalue weighted by Crippen LogP contribution is -2.34. The van der Waals surface area contributed by atoms with Gasteiger partial charge in [-0.1, -0.05) is 37.3 Å². The molecule has 2 unspecified atom stereocenters. The molecule has 3 heterocycles. The third-order valence-corrected chi connectivity index (χ3v) is 6.13. The van der Waals surface area contributed by atoms with Crippen LogP contribution in [0.15, 0.2) is 6.33 Å². The van der Waals surface area contributed by atoms with Crippen LogP contribution in [-0.2, 0) is 13.8 Å². The number of aliphatic hydroxyl groups is 2. The van der Waals surface area contributed by atoms with Crippen LogP contribution in [-0.4, -0.2) is 77.6 Å². The number of nitrogens with zero attached hydrogens (tertiary/aromatic N) is 3. The van der Waals surface area contributed by atoms with Crippen molar-refractivity contribution in [3.63, 3.8) is 0 Å². The third kappa shape index (κ3) is 7.23. The van der Waals surface area contributed by atoms with Crippen molar-refractivity contribution in [2.24, 2.45) is 0 Å². The summed E-state index contributed by atoms with van der Waals surface area (Å²) in [4.78, 5) is 32.0. The fourth-order valence-electron chi connectivity index (χ4n) is 3.55. The highest BCUT2D eigenvalue weighted by Crippen LogP contribution is 2.36. The monoisotopic (exact) mass is 535 g/mol. The lowest BCUT2D eigenvalue weighted by molar-refractivity contribution is -0.222. The molecule has 0 bridgehead atoms. The van der Waals surface area contributed by atoms with Crippen molar-refractivity contribution in [1.29, 1.82) is 0 Å². The number of unbranched alkanes of at least 4 members (excludes halogenated alkanes) is 3. The molecule has 0 aromatic carbocycles. The molecule has 6 N–H and O–H groups in total. The van der Waals surface area contributed by atoms with Crippen molar-refractivity contribution in [3.05, 3.63) is 11.0 Å². The highest BCUT2D eigenvalue weighted by Gasteiger charge is 2.44. The number of hydrogen-bond donors (Lipinski definition) is 6. The van der Waals surface area contributed by atoms with Crippen LogP contribution in [0.3, 0.4) is 0 Å². The third-order valence-electron chi connectivity index (χ3n) is 5.23. The molecule has 0 radical (unpaired) electrons. The summed E-state index contributed by atoms with van der Waals surface area (Å²) >= 11 is 10.3. The summed E-state index contributed by atoms with van der Waals surface area (Å²) in [7, 11) is -5.01. The number of thiocarbonyl (C=S) groups is 1. The zero-order chi connectivity index (χ0) is 24.9. The lowest BCUT2D eigenvalue weighted by atomic mass is 10.1.